The van der Waals surface area contributed by atoms with Crippen LogP contribution < -0.4 is 16.4 Å². The molecule has 136 valence electrons. The highest BCUT2D eigenvalue weighted by Gasteiger charge is 2.27. The number of hydrogen-bond donors (Lipinski definition) is 3. The number of nitrogens with one attached hydrogen (secondary N) is 2. The van der Waals surface area contributed by atoms with Crippen LogP contribution >= 0.6 is 0 Å². The Morgan fingerprint density at radius 3 is 2.36 bits per heavy atom. The maximum absolute atomic E-state index is 12.4. The van der Waals surface area contributed by atoms with E-state index in [0.29, 0.717) is 0 Å². The third kappa shape index (κ3) is 7.07. The molecule has 0 unspecified atom stereocenters. The minimum atomic E-state index is -0.867. The summed E-state index contributed by atoms with van der Waals surface area (Å²) in [6, 6.07) is 7.47. The highest BCUT2D eigenvalue weighted by molar-refractivity contribution is 5.90. The molecule has 1 aromatic rings. The van der Waals surface area contributed by atoms with Gasteiger partial charge in [0.25, 0.3) is 0 Å². The molecule has 0 spiro atoms. The summed E-state index contributed by atoms with van der Waals surface area (Å²) in [6.07, 6.45) is 0.989. The number of hydrogen-bond acceptors (Lipinski definition) is 4. The second-order valence-electron chi connectivity index (χ2n) is 5.92. The number of nitrogens with two attached hydrogens (primary N) is 1. The predicted molar refractivity (Wildman–Crippen MR) is 94.3 cm³/mol. The zero-order chi connectivity index (χ0) is 18.8. The van der Waals surface area contributed by atoms with Crippen LogP contribution in [0.4, 0.5) is 4.79 Å². The number of ether oxygens (including phenoxy) is 1. The zero-order valence-electron chi connectivity index (χ0n) is 14.5. The first-order valence-corrected chi connectivity index (χ1v) is 8.03. The van der Waals surface area contributed by atoms with Gasteiger partial charge in [-0.15, -0.1) is 6.58 Å². The molecule has 25 heavy (non-hydrogen) atoms. The standard InChI is InChI=1S/C18H25N3O4/c1-4-8-14(16(19)22)20-17(23)15(12(2)3)21-18(24)25-11-13-9-6-5-7-10-13/h4-7,9-10,12,14-15H,1,8,11H2,2-3H3,(H2,19,22)(H,20,23)(H,21,24)/t14-,15-/m0/s1. The van der Waals surface area contributed by atoms with Crippen LogP contribution in [0.25, 0.3) is 0 Å². The van der Waals surface area contributed by atoms with Crippen molar-refractivity contribution in [2.75, 3.05) is 0 Å². The Labute approximate surface area is 147 Å². The number of carbonyl (C=O) groups excluding carboxylic acids is 3. The fourth-order valence-electron chi connectivity index (χ4n) is 2.10. The van der Waals surface area contributed by atoms with Crippen LogP contribution in [-0.4, -0.2) is 30.0 Å². The molecule has 0 fully saturated rings. The second kappa shape index (κ2) is 10.1. The molecule has 2 atom stereocenters. The SMILES string of the molecule is C=CC[C@H](NC(=O)[C@@H](NC(=O)OCc1ccccc1)C(C)C)C(N)=O. The summed E-state index contributed by atoms with van der Waals surface area (Å²) in [5.74, 6) is -1.37. The van der Waals surface area contributed by atoms with Crippen molar-refractivity contribution in [3.63, 3.8) is 0 Å². The summed E-state index contributed by atoms with van der Waals surface area (Å²) in [5.41, 5.74) is 6.08. The average Bonchev–Trinajstić information content (AvgIpc) is 2.57. The average molecular weight is 347 g/mol. The summed E-state index contributed by atoms with van der Waals surface area (Å²) in [5, 5.41) is 5.04. The largest absolute Gasteiger partial charge is 0.445 e. The van der Waals surface area contributed by atoms with E-state index < -0.39 is 30.0 Å². The van der Waals surface area contributed by atoms with Gasteiger partial charge in [0, 0.05) is 0 Å². The van der Waals surface area contributed by atoms with Crippen molar-refractivity contribution in [2.45, 2.75) is 39.0 Å². The first-order chi connectivity index (χ1) is 11.8. The van der Waals surface area contributed by atoms with E-state index in [4.69, 9.17) is 10.5 Å². The molecular formula is C18H25N3O4. The molecule has 0 aliphatic carbocycles. The van der Waals surface area contributed by atoms with Crippen LogP contribution in [0.5, 0.6) is 0 Å². The highest BCUT2D eigenvalue weighted by Crippen LogP contribution is 2.06. The van der Waals surface area contributed by atoms with E-state index in [9.17, 15) is 14.4 Å². The third-order valence-corrected chi connectivity index (χ3v) is 3.50. The normalized spacial score (nSPS) is 12.8. The van der Waals surface area contributed by atoms with Crippen molar-refractivity contribution in [2.24, 2.45) is 11.7 Å². The van der Waals surface area contributed by atoms with E-state index >= 15 is 0 Å². The Morgan fingerprint density at radius 1 is 1.20 bits per heavy atom. The summed E-state index contributed by atoms with van der Waals surface area (Å²) in [6.45, 7) is 7.16. The molecule has 1 aromatic carbocycles. The topological polar surface area (TPSA) is 111 Å². The van der Waals surface area contributed by atoms with Gasteiger partial charge in [-0.2, -0.15) is 0 Å². The summed E-state index contributed by atoms with van der Waals surface area (Å²) in [7, 11) is 0. The van der Waals surface area contributed by atoms with Gasteiger partial charge in [-0.1, -0.05) is 50.3 Å². The zero-order valence-corrected chi connectivity index (χ0v) is 14.5. The van der Waals surface area contributed by atoms with Crippen LogP contribution in [0, 0.1) is 5.92 Å². The Balaban J connectivity index is 2.62. The highest BCUT2D eigenvalue weighted by atomic mass is 16.5. The van der Waals surface area contributed by atoms with Crippen LogP contribution in [0.1, 0.15) is 25.8 Å². The minimum Gasteiger partial charge on any atom is -0.445 e. The lowest BCUT2D eigenvalue weighted by molar-refractivity contribution is -0.129. The molecule has 0 saturated carbocycles. The lowest BCUT2D eigenvalue weighted by atomic mass is 10.0. The van der Waals surface area contributed by atoms with Gasteiger partial charge in [0.15, 0.2) is 0 Å². The summed E-state index contributed by atoms with van der Waals surface area (Å²) >= 11 is 0. The maximum atomic E-state index is 12.4. The van der Waals surface area contributed by atoms with E-state index in [0.717, 1.165) is 5.56 Å². The van der Waals surface area contributed by atoms with Gasteiger partial charge in [0.2, 0.25) is 11.8 Å². The minimum absolute atomic E-state index is 0.0967. The number of alkyl carbamates (subject to hydrolysis) is 1. The maximum Gasteiger partial charge on any atom is 0.408 e. The molecule has 0 bridgehead atoms. The number of rotatable bonds is 9. The first-order valence-electron chi connectivity index (χ1n) is 8.03. The van der Waals surface area contributed by atoms with Crippen LogP contribution in [0.15, 0.2) is 43.0 Å². The molecule has 0 aromatic heterocycles. The molecule has 7 heteroatoms. The van der Waals surface area contributed by atoms with E-state index in [1.807, 2.05) is 30.3 Å². The Bertz CT molecular complexity index is 602. The van der Waals surface area contributed by atoms with Crippen LogP contribution in [-0.2, 0) is 20.9 Å². The fraction of sp³-hybridized carbons (Fsp3) is 0.389. The van der Waals surface area contributed by atoms with Crippen molar-refractivity contribution < 1.29 is 19.1 Å². The first kappa shape index (κ1) is 20.2. The van der Waals surface area contributed by atoms with Crippen molar-refractivity contribution in [1.29, 1.82) is 0 Å². The molecule has 0 saturated heterocycles. The van der Waals surface area contributed by atoms with Gasteiger partial charge in [0.05, 0.1) is 0 Å². The van der Waals surface area contributed by atoms with Gasteiger partial charge in [-0.3, -0.25) is 9.59 Å². The third-order valence-electron chi connectivity index (χ3n) is 3.50. The summed E-state index contributed by atoms with van der Waals surface area (Å²) < 4.78 is 5.12. The van der Waals surface area contributed by atoms with Crippen LogP contribution in [0.2, 0.25) is 0 Å². The lowest BCUT2D eigenvalue weighted by Gasteiger charge is -2.23. The van der Waals surface area contributed by atoms with Gasteiger partial charge in [0.1, 0.15) is 18.7 Å². The molecule has 0 heterocycles. The Morgan fingerprint density at radius 2 is 1.84 bits per heavy atom. The fourth-order valence-corrected chi connectivity index (χ4v) is 2.10. The van der Waals surface area contributed by atoms with Crippen molar-refractivity contribution in [3.8, 4) is 0 Å². The van der Waals surface area contributed by atoms with E-state index in [2.05, 4.69) is 17.2 Å². The van der Waals surface area contributed by atoms with E-state index in [1.165, 1.54) is 6.08 Å². The molecule has 7 nitrogen and oxygen atoms in total. The lowest BCUT2D eigenvalue weighted by Crippen LogP contribution is -2.54. The van der Waals surface area contributed by atoms with Gasteiger partial charge in [-0.05, 0) is 17.9 Å². The number of amides is 3. The number of carbonyl (C=O) groups is 3. The molecule has 0 radical (unpaired) electrons. The summed E-state index contributed by atoms with van der Waals surface area (Å²) in [4.78, 5) is 35.7. The van der Waals surface area contributed by atoms with Gasteiger partial charge in [-0.25, -0.2) is 4.79 Å². The second-order valence-corrected chi connectivity index (χ2v) is 5.92. The molecule has 0 aliphatic rings. The number of benzene rings is 1. The van der Waals surface area contributed by atoms with Gasteiger partial charge < -0.3 is 21.1 Å². The Kier molecular flexibility index (Phi) is 8.18. The van der Waals surface area contributed by atoms with Gasteiger partial charge >= 0.3 is 6.09 Å². The predicted octanol–water partition coefficient (Wildman–Crippen LogP) is 1.48. The van der Waals surface area contributed by atoms with Crippen LogP contribution in [0.3, 0.4) is 0 Å². The van der Waals surface area contributed by atoms with Crippen molar-refractivity contribution in [3.05, 3.63) is 48.6 Å². The smallest absolute Gasteiger partial charge is 0.408 e. The molecular weight excluding hydrogens is 322 g/mol. The van der Waals surface area contributed by atoms with E-state index in [-0.39, 0.29) is 18.9 Å². The van der Waals surface area contributed by atoms with E-state index in [1.54, 1.807) is 13.8 Å². The molecule has 0 aliphatic heterocycles. The van der Waals surface area contributed by atoms with Crippen molar-refractivity contribution >= 4 is 17.9 Å². The monoisotopic (exact) mass is 347 g/mol. The molecule has 1 rings (SSSR count). The molecule has 3 amide bonds. The van der Waals surface area contributed by atoms with Crippen molar-refractivity contribution in [1.82, 2.24) is 10.6 Å². The quantitative estimate of drug-likeness (QED) is 0.588. The molecule has 4 N–H and O–H groups in total. The Hall–Kier alpha value is -2.83. The number of primary amides is 1.